The second-order valence-electron chi connectivity index (χ2n) is 6.52. The fraction of sp³-hybridized carbons (Fsp3) is 0.429. The zero-order valence-corrected chi connectivity index (χ0v) is 16.0. The molecule has 0 aromatic heterocycles. The predicted octanol–water partition coefficient (Wildman–Crippen LogP) is 3.02. The van der Waals surface area contributed by atoms with Crippen molar-refractivity contribution < 1.29 is 14.2 Å². The molecule has 26 heavy (non-hydrogen) atoms. The zero-order valence-electron chi connectivity index (χ0n) is 16.0. The average molecular weight is 356 g/mol. The number of nitrogens with one attached hydrogen (secondary N) is 1. The summed E-state index contributed by atoms with van der Waals surface area (Å²) in [5.74, 6) is 2.05. The smallest absolute Gasteiger partial charge is 0.203 e. The van der Waals surface area contributed by atoms with Crippen LogP contribution >= 0.6 is 0 Å². The lowest BCUT2D eigenvalue weighted by atomic mass is 9.94. The van der Waals surface area contributed by atoms with E-state index in [4.69, 9.17) is 14.2 Å². The normalized spacial score (nSPS) is 16.2. The van der Waals surface area contributed by atoms with E-state index in [1.54, 1.807) is 21.3 Å². The summed E-state index contributed by atoms with van der Waals surface area (Å²) >= 11 is 0. The van der Waals surface area contributed by atoms with Crippen LogP contribution in [0.5, 0.6) is 17.2 Å². The number of hydrogen-bond acceptors (Lipinski definition) is 5. The van der Waals surface area contributed by atoms with Gasteiger partial charge >= 0.3 is 0 Å². The van der Waals surface area contributed by atoms with E-state index in [-0.39, 0.29) is 6.04 Å². The van der Waals surface area contributed by atoms with Gasteiger partial charge in [-0.2, -0.15) is 0 Å². The van der Waals surface area contributed by atoms with Gasteiger partial charge in [0.1, 0.15) is 0 Å². The number of ether oxygens (including phenoxy) is 3. The molecule has 5 nitrogen and oxygen atoms in total. The highest BCUT2D eigenvalue weighted by atomic mass is 16.5. The lowest BCUT2D eigenvalue weighted by Crippen LogP contribution is -2.45. The maximum atomic E-state index is 5.78. The third-order valence-electron chi connectivity index (χ3n) is 4.94. The van der Waals surface area contributed by atoms with Crippen molar-refractivity contribution in [3.05, 3.63) is 53.1 Å². The maximum Gasteiger partial charge on any atom is 0.203 e. The van der Waals surface area contributed by atoms with Gasteiger partial charge in [-0.1, -0.05) is 29.8 Å². The molecule has 1 atom stereocenters. The average Bonchev–Trinajstić information content (AvgIpc) is 2.69. The Morgan fingerprint density at radius 2 is 1.50 bits per heavy atom. The summed E-state index contributed by atoms with van der Waals surface area (Å²) in [7, 11) is 4.98. The van der Waals surface area contributed by atoms with Crippen LogP contribution in [0.15, 0.2) is 36.4 Å². The Morgan fingerprint density at radius 1 is 0.846 bits per heavy atom. The van der Waals surface area contributed by atoms with Crippen LogP contribution in [0.1, 0.15) is 22.7 Å². The number of piperazine rings is 1. The quantitative estimate of drug-likeness (QED) is 0.862. The van der Waals surface area contributed by atoms with Crippen molar-refractivity contribution >= 4 is 0 Å². The first-order valence-electron chi connectivity index (χ1n) is 8.99. The molecule has 0 radical (unpaired) electrons. The molecule has 140 valence electrons. The summed E-state index contributed by atoms with van der Waals surface area (Å²) in [6, 6.07) is 12.9. The Labute approximate surface area is 155 Å². The molecule has 1 fully saturated rings. The molecule has 5 heteroatoms. The second kappa shape index (κ2) is 8.43. The van der Waals surface area contributed by atoms with Crippen LogP contribution in [-0.4, -0.2) is 52.4 Å². The van der Waals surface area contributed by atoms with Crippen molar-refractivity contribution in [3.63, 3.8) is 0 Å². The number of nitrogens with zero attached hydrogens (tertiary/aromatic N) is 1. The van der Waals surface area contributed by atoms with Crippen molar-refractivity contribution in [2.24, 2.45) is 0 Å². The van der Waals surface area contributed by atoms with Gasteiger partial charge in [0.2, 0.25) is 5.75 Å². The molecule has 1 aliphatic heterocycles. The molecule has 3 rings (SSSR count). The molecule has 0 bridgehead atoms. The van der Waals surface area contributed by atoms with Crippen LogP contribution in [0.25, 0.3) is 0 Å². The Kier molecular flexibility index (Phi) is 6.01. The number of benzene rings is 2. The van der Waals surface area contributed by atoms with Gasteiger partial charge in [-0.05, 0) is 24.6 Å². The van der Waals surface area contributed by atoms with E-state index in [1.807, 2.05) is 6.07 Å². The van der Waals surface area contributed by atoms with Crippen molar-refractivity contribution in [2.75, 3.05) is 47.5 Å². The van der Waals surface area contributed by atoms with Gasteiger partial charge in [0.25, 0.3) is 0 Å². The van der Waals surface area contributed by atoms with E-state index in [0.29, 0.717) is 11.5 Å². The van der Waals surface area contributed by atoms with Crippen LogP contribution in [-0.2, 0) is 0 Å². The van der Waals surface area contributed by atoms with Crippen molar-refractivity contribution in [1.82, 2.24) is 10.2 Å². The van der Waals surface area contributed by atoms with Crippen LogP contribution in [0.4, 0.5) is 0 Å². The number of hydrogen-bond donors (Lipinski definition) is 1. The largest absolute Gasteiger partial charge is 0.493 e. The first-order valence-corrected chi connectivity index (χ1v) is 8.99. The molecule has 0 amide bonds. The molecule has 2 aromatic rings. The summed E-state index contributed by atoms with van der Waals surface area (Å²) in [4.78, 5) is 2.49. The van der Waals surface area contributed by atoms with Crippen LogP contribution in [0, 0.1) is 6.92 Å². The molecule has 2 aromatic carbocycles. The third kappa shape index (κ3) is 3.64. The molecule has 0 spiro atoms. The maximum absolute atomic E-state index is 5.78. The molecule has 1 N–H and O–H groups in total. The van der Waals surface area contributed by atoms with Crippen LogP contribution < -0.4 is 19.5 Å². The minimum absolute atomic E-state index is 0.104. The highest BCUT2D eigenvalue weighted by Gasteiger charge is 2.29. The molecule has 1 aliphatic rings. The molecular formula is C21H28N2O3. The lowest BCUT2D eigenvalue weighted by Gasteiger charge is -2.36. The van der Waals surface area contributed by atoms with E-state index in [9.17, 15) is 0 Å². The molecule has 1 heterocycles. The van der Waals surface area contributed by atoms with Gasteiger partial charge in [-0.15, -0.1) is 0 Å². The summed E-state index contributed by atoms with van der Waals surface area (Å²) < 4.78 is 16.8. The van der Waals surface area contributed by atoms with Gasteiger partial charge in [-0.3, -0.25) is 4.90 Å². The van der Waals surface area contributed by atoms with E-state index in [0.717, 1.165) is 37.5 Å². The van der Waals surface area contributed by atoms with Crippen molar-refractivity contribution in [2.45, 2.75) is 13.0 Å². The molecule has 0 aliphatic carbocycles. The fourth-order valence-electron chi connectivity index (χ4n) is 3.62. The van der Waals surface area contributed by atoms with E-state index in [2.05, 4.69) is 47.5 Å². The number of aryl methyl sites for hydroxylation is 1. The molecular weight excluding hydrogens is 328 g/mol. The third-order valence-corrected chi connectivity index (χ3v) is 4.94. The lowest BCUT2D eigenvalue weighted by molar-refractivity contribution is 0.194. The van der Waals surface area contributed by atoms with Crippen molar-refractivity contribution in [1.29, 1.82) is 0 Å². The minimum Gasteiger partial charge on any atom is -0.493 e. The van der Waals surface area contributed by atoms with Gasteiger partial charge in [0, 0.05) is 31.7 Å². The molecule has 0 saturated carbocycles. The summed E-state index contributed by atoms with van der Waals surface area (Å²) in [5, 5.41) is 3.43. The Hall–Kier alpha value is -2.24. The van der Waals surface area contributed by atoms with E-state index >= 15 is 0 Å². The molecule has 1 saturated heterocycles. The van der Waals surface area contributed by atoms with Gasteiger partial charge in [0.15, 0.2) is 11.5 Å². The summed E-state index contributed by atoms with van der Waals surface area (Å²) in [6.07, 6.45) is 0. The summed E-state index contributed by atoms with van der Waals surface area (Å²) in [6.45, 7) is 6.04. The Balaban J connectivity index is 2.13. The van der Waals surface area contributed by atoms with Crippen LogP contribution in [0.2, 0.25) is 0 Å². The van der Waals surface area contributed by atoms with Crippen molar-refractivity contribution in [3.8, 4) is 17.2 Å². The van der Waals surface area contributed by atoms with E-state index < -0.39 is 0 Å². The number of methoxy groups -OCH3 is 3. The minimum atomic E-state index is 0.104. The highest BCUT2D eigenvalue weighted by molar-refractivity contribution is 5.58. The first-order chi connectivity index (χ1) is 12.7. The summed E-state index contributed by atoms with van der Waals surface area (Å²) in [5.41, 5.74) is 3.60. The standard InChI is InChI=1S/C21H28N2O3/c1-15-5-7-16(8-6-15)19(23-13-11-22-12-14-23)17-9-10-18(24-2)21(26-4)20(17)25-3/h5-10,19,22H,11-14H2,1-4H3. The highest BCUT2D eigenvalue weighted by Crippen LogP contribution is 2.45. The topological polar surface area (TPSA) is 43.0 Å². The second-order valence-corrected chi connectivity index (χ2v) is 6.52. The monoisotopic (exact) mass is 356 g/mol. The Bertz CT molecular complexity index is 725. The zero-order chi connectivity index (χ0) is 18.5. The van der Waals surface area contributed by atoms with Gasteiger partial charge in [0.05, 0.1) is 27.4 Å². The fourth-order valence-corrected chi connectivity index (χ4v) is 3.62. The first kappa shape index (κ1) is 18.5. The molecule has 1 unspecified atom stereocenters. The van der Waals surface area contributed by atoms with Gasteiger partial charge < -0.3 is 19.5 Å². The number of rotatable bonds is 6. The van der Waals surface area contributed by atoms with Crippen LogP contribution in [0.3, 0.4) is 0 Å². The Morgan fingerprint density at radius 3 is 2.08 bits per heavy atom. The SMILES string of the molecule is COc1ccc(C(c2ccc(C)cc2)N2CCNCC2)c(OC)c1OC. The van der Waals surface area contributed by atoms with E-state index in [1.165, 1.54) is 11.1 Å². The van der Waals surface area contributed by atoms with Gasteiger partial charge in [-0.25, -0.2) is 0 Å². The predicted molar refractivity (Wildman–Crippen MR) is 104 cm³/mol.